The molecule has 108 valence electrons. The molecule has 0 amide bonds. The quantitative estimate of drug-likeness (QED) is 0.777. The lowest BCUT2D eigenvalue weighted by molar-refractivity contribution is 0.514. The van der Waals surface area contributed by atoms with Crippen molar-refractivity contribution in [1.29, 1.82) is 0 Å². The van der Waals surface area contributed by atoms with Crippen LogP contribution in [0.3, 0.4) is 0 Å². The van der Waals surface area contributed by atoms with Gasteiger partial charge in [-0.3, -0.25) is 0 Å². The smallest absolute Gasteiger partial charge is 0.243 e. The van der Waals surface area contributed by atoms with Gasteiger partial charge in [0.15, 0.2) is 5.65 Å². The van der Waals surface area contributed by atoms with E-state index >= 15 is 0 Å². The first-order chi connectivity index (χ1) is 10.1. The SMILES string of the molecule is CC(C)(CCc1ccccc1)Nc1nc2ccccn2n1. The van der Waals surface area contributed by atoms with Crippen LogP contribution >= 0.6 is 0 Å². The van der Waals surface area contributed by atoms with Crippen molar-refractivity contribution >= 4 is 11.6 Å². The molecule has 0 spiro atoms. The molecular weight excluding hydrogens is 260 g/mol. The molecule has 0 fully saturated rings. The molecule has 0 radical (unpaired) electrons. The van der Waals surface area contributed by atoms with E-state index in [2.05, 4.69) is 53.5 Å². The van der Waals surface area contributed by atoms with Crippen molar-refractivity contribution in [3.8, 4) is 0 Å². The van der Waals surface area contributed by atoms with Crippen LogP contribution in [0.15, 0.2) is 54.7 Å². The van der Waals surface area contributed by atoms with Gasteiger partial charge in [0, 0.05) is 11.7 Å². The van der Waals surface area contributed by atoms with Crippen molar-refractivity contribution in [2.45, 2.75) is 32.2 Å². The van der Waals surface area contributed by atoms with Crippen LogP contribution in [0, 0.1) is 0 Å². The number of benzene rings is 1. The molecule has 0 aliphatic rings. The van der Waals surface area contributed by atoms with Crippen LogP contribution in [-0.2, 0) is 6.42 Å². The maximum atomic E-state index is 4.49. The zero-order chi connectivity index (χ0) is 14.7. The maximum absolute atomic E-state index is 4.49. The highest BCUT2D eigenvalue weighted by Crippen LogP contribution is 2.18. The number of hydrogen-bond acceptors (Lipinski definition) is 3. The van der Waals surface area contributed by atoms with Gasteiger partial charge in [0.1, 0.15) is 0 Å². The second kappa shape index (κ2) is 5.56. The molecular formula is C17H20N4. The fourth-order valence-corrected chi connectivity index (χ4v) is 2.35. The second-order valence-electron chi connectivity index (χ2n) is 5.93. The van der Waals surface area contributed by atoms with Crippen molar-refractivity contribution in [3.05, 3.63) is 60.3 Å². The Balaban J connectivity index is 1.67. The highest BCUT2D eigenvalue weighted by molar-refractivity contribution is 5.43. The molecule has 3 aromatic rings. The molecule has 3 rings (SSSR count). The zero-order valence-corrected chi connectivity index (χ0v) is 12.5. The van der Waals surface area contributed by atoms with Crippen LogP contribution in [0.2, 0.25) is 0 Å². The van der Waals surface area contributed by atoms with Crippen LogP contribution in [0.1, 0.15) is 25.8 Å². The topological polar surface area (TPSA) is 42.2 Å². The van der Waals surface area contributed by atoms with Gasteiger partial charge in [-0.2, -0.15) is 4.98 Å². The second-order valence-corrected chi connectivity index (χ2v) is 5.93. The monoisotopic (exact) mass is 280 g/mol. The molecule has 0 saturated heterocycles. The van der Waals surface area contributed by atoms with Gasteiger partial charge in [0.2, 0.25) is 5.95 Å². The van der Waals surface area contributed by atoms with Gasteiger partial charge in [0.25, 0.3) is 0 Å². The Labute approximate surface area is 124 Å². The average molecular weight is 280 g/mol. The molecule has 1 aromatic carbocycles. The first kappa shape index (κ1) is 13.6. The summed E-state index contributed by atoms with van der Waals surface area (Å²) in [5, 5.41) is 7.88. The van der Waals surface area contributed by atoms with Gasteiger partial charge < -0.3 is 5.32 Å². The average Bonchev–Trinajstić information content (AvgIpc) is 2.87. The first-order valence-corrected chi connectivity index (χ1v) is 7.26. The molecule has 4 heteroatoms. The number of fused-ring (bicyclic) bond motifs is 1. The minimum atomic E-state index is -0.0548. The Morgan fingerprint density at radius 2 is 1.81 bits per heavy atom. The molecule has 4 nitrogen and oxygen atoms in total. The normalized spacial score (nSPS) is 11.7. The number of rotatable bonds is 5. The van der Waals surface area contributed by atoms with E-state index in [1.54, 1.807) is 4.52 Å². The summed E-state index contributed by atoms with van der Waals surface area (Å²) in [6, 6.07) is 16.4. The van der Waals surface area contributed by atoms with Gasteiger partial charge in [0.05, 0.1) is 0 Å². The van der Waals surface area contributed by atoms with E-state index in [0.29, 0.717) is 5.95 Å². The fraction of sp³-hybridized carbons (Fsp3) is 0.294. The number of aryl methyl sites for hydroxylation is 1. The van der Waals surface area contributed by atoms with Crippen molar-refractivity contribution in [2.75, 3.05) is 5.32 Å². The number of aromatic nitrogens is 3. The third-order valence-corrected chi connectivity index (χ3v) is 3.57. The zero-order valence-electron chi connectivity index (χ0n) is 12.5. The summed E-state index contributed by atoms with van der Waals surface area (Å²) in [5.41, 5.74) is 2.16. The van der Waals surface area contributed by atoms with Gasteiger partial charge in [-0.25, -0.2) is 4.52 Å². The number of pyridine rings is 1. The van der Waals surface area contributed by atoms with Crippen molar-refractivity contribution in [3.63, 3.8) is 0 Å². The third kappa shape index (κ3) is 3.40. The summed E-state index contributed by atoms with van der Waals surface area (Å²) >= 11 is 0. The minimum Gasteiger partial charge on any atom is -0.348 e. The molecule has 2 heterocycles. The highest BCUT2D eigenvalue weighted by atomic mass is 15.4. The summed E-state index contributed by atoms with van der Waals surface area (Å²) in [5.74, 6) is 0.680. The molecule has 21 heavy (non-hydrogen) atoms. The van der Waals surface area contributed by atoms with Crippen molar-refractivity contribution < 1.29 is 0 Å². The Hall–Kier alpha value is -2.36. The lowest BCUT2D eigenvalue weighted by Crippen LogP contribution is -2.32. The van der Waals surface area contributed by atoms with Gasteiger partial charge in [-0.15, -0.1) is 5.10 Å². The number of nitrogens with one attached hydrogen (secondary N) is 1. The van der Waals surface area contributed by atoms with E-state index < -0.39 is 0 Å². The van der Waals surface area contributed by atoms with E-state index in [1.807, 2.05) is 30.5 Å². The van der Waals surface area contributed by atoms with E-state index in [4.69, 9.17) is 0 Å². The van der Waals surface area contributed by atoms with Crippen LogP contribution in [-0.4, -0.2) is 20.1 Å². The van der Waals surface area contributed by atoms with Gasteiger partial charge >= 0.3 is 0 Å². The van der Waals surface area contributed by atoms with Gasteiger partial charge in [-0.05, 0) is 44.4 Å². The van der Waals surface area contributed by atoms with Crippen LogP contribution in [0.5, 0.6) is 0 Å². The number of anilines is 1. The molecule has 0 aliphatic carbocycles. The number of hydrogen-bond donors (Lipinski definition) is 1. The summed E-state index contributed by atoms with van der Waals surface area (Å²) in [7, 11) is 0. The first-order valence-electron chi connectivity index (χ1n) is 7.26. The maximum Gasteiger partial charge on any atom is 0.243 e. The fourth-order valence-electron chi connectivity index (χ4n) is 2.35. The largest absolute Gasteiger partial charge is 0.348 e. The third-order valence-electron chi connectivity index (χ3n) is 3.57. The lowest BCUT2D eigenvalue weighted by Gasteiger charge is -2.25. The van der Waals surface area contributed by atoms with E-state index in [0.717, 1.165) is 18.5 Å². The Morgan fingerprint density at radius 1 is 1.05 bits per heavy atom. The Morgan fingerprint density at radius 3 is 2.57 bits per heavy atom. The van der Waals surface area contributed by atoms with Crippen LogP contribution in [0.25, 0.3) is 5.65 Å². The van der Waals surface area contributed by atoms with Gasteiger partial charge in [-0.1, -0.05) is 36.4 Å². The number of nitrogens with zero attached hydrogens (tertiary/aromatic N) is 3. The molecule has 1 N–H and O–H groups in total. The van der Waals surface area contributed by atoms with E-state index in [1.165, 1.54) is 5.56 Å². The summed E-state index contributed by atoms with van der Waals surface area (Å²) in [6.07, 6.45) is 3.96. The van der Waals surface area contributed by atoms with E-state index in [-0.39, 0.29) is 5.54 Å². The van der Waals surface area contributed by atoms with Crippen LogP contribution < -0.4 is 5.32 Å². The molecule has 0 bridgehead atoms. The van der Waals surface area contributed by atoms with Crippen molar-refractivity contribution in [1.82, 2.24) is 14.6 Å². The molecule has 0 atom stereocenters. The molecule has 0 aliphatic heterocycles. The lowest BCUT2D eigenvalue weighted by atomic mass is 9.95. The highest BCUT2D eigenvalue weighted by Gasteiger charge is 2.19. The standard InChI is InChI=1S/C17H20N4/c1-17(2,12-11-14-8-4-3-5-9-14)19-16-18-15-10-6-7-13-21(15)20-16/h3-10,13H,11-12H2,1-2H3,(H,19,20). The molecule has 0 unspecified atom stereocenters. The summed E-state index contributed by atoms with van der Waals surface area (Å²) < 4.78 is 1.79. The predicted molar refractivity (Wildman–Crippen MR) is 85.5 cm³/mol. The minimum absolute atomic E-state index is 0.0548. The van der Waals surface area contributed by atoms with Crippen LogP contribution in [0.4, 0.5) is 5.95 Å². The predicted octanol–water partition coefficient (Wildman–Crippen LogP) is 3.55. The van der Waals surface area contributed by atoms with E-state index in [9.17, 15) is 0 Å². The van der Waals surface area contributed by atoms with Crippen molar-refractivity contribution in [2.24, 2.45) is 0 Å². The Kier molecular flexibility index (Phi) is 3.60. The Bertz CT molecular complexity index is 683. The summed E-state index contributed by atoms with van der Waals surface area (Å²) in [6.45, 7) is 4.36. The molecule has 0 saturated carbocycles. The summed E-state index contributed by atoms with van der Waals surface area (Å²) in [4.78, 5) is 4.49. The molecule has 2 aromatic heterocycles.